The lowest BCUT2D eigenvalue weighted by Gasteiger charge is -2.27. The number of carbonyl (C=O) groups is 1. The van der Waals surface area contributed by atoms with Crippen LogP contribution in [-0.2, 0) is 9.53 Å². The molecule has 24 heavy (non-hydrogen) atoms. The van der Waals surface area contributed by atoms with Gasteiger partial charge in [-0.3, -0.25) is 9.36 Å². The van der Waals surface area contributed by atoms with Crippen LogP contribution in [0.1, 0.15) is 18.3 Å². The Bertz CT molecular complexity index is 786. The van der Waals surface area contributed by atoms with Crippen LogP contribution in [0.3, 0.4) is 0 Å². The lowest BCUT2D eigenvalue weighted by Crippen LogP contribution is -2.37. The summed E-state index contributed by atoms with van der Waals surface area (Å²) >= 11 is 6.03. The molecular weight excluding hydrogens is 338 g/mol. The monoisotopic (exact) mass is 351 g/mol. The molecule has 0 aromatic carbocycles. The average Bonchev–Trinajstić information content (AvgIpc) is 3.17. The van der Waals surface area contributed by atoms with Crippen LogP contribution < -0.4 is 0 Å². The maximum Gasteiger partial charge on any atom is 0.167 e. The molecular formula is C14H14ClN5O4. The molecule has 1 aromatic heterocycles. The largest absolute Gasteiger partial charge is 0.394 e. The summed E-state index contributed by atoms with van der Waals surface area (Å²) in [5, 5.41) is 19.2. The predicted molar refractivity (Wildman–Crippen MR) is 84.2 cm³/mol. The zero-order valence-electron chi connectivity index (χ0n) is 12.4. The van der Waals surface area contributed by atoms with Gasteiger partial charge >= 0.3 is 0 Å². The fourth-order valence-corrected chi connectivity index (χ4v) is 3.13. The number of rotatable bonds is 3. The van der Waals surface area contributed by atoms with Gasteiger partial charge in [0.05, 0.1) is 31.9 Å². The zero-order valence-corrected chi connectivity index (χ0v) is 13.2. The van der Waals surface area contributed by atoms with E-state index in [9.17, 15) is 15.0 Å². The highest BCUT2D eigenvalue weighted by atomic mass is 35.5. The van der Waals surface area contributed by atoms with Crippen LogP contribution in [0.2, 0.25) is 0 Å². The maximum atomic E-state index is 11.0. The molecule has 1 fully saturated rings. The Morgan fingerprint density at radius 1 is 1.50 bits per heavy atom. The van der Waals surface area contributed by atoms with Gasteiger partial charge < -0.3 is 19.8 Å². The Balaban J connectivity index is 1.70. The Kier molecular flexibility index (Phi) is 3.72. The molecule has 3 aliphatic heterocycles. The molecule has 0 bridgehead atoms. The van der Waals surface area contributed by atoms with Gasteiger partial charge in [0.25, 0.3) is 0 Å². The van der Waals surface area contributed by atoms with Crippen molar-refractivity contribution in [3.63, 3.8) is 0 Å². The number of nitrogens with zero attached hydrogens (tertiary/aromatic N) is 5. The third kappa shape index (κ3) is 2.28. The average molecular weight is 352 g/mol. The van der Waals surface area contributed by atoms with Gasteiger partial charge in [0, 0.05) is 12.0 Å². The van der Waals surface area contributed by atoms with Crippen LogP contribution in [0, 0.1) is 0 Å². The van der Waals surface area contributed by atoms with Crippen LogP contribution in [0.15, 0.2) is 27.0 Å². The standard InChI is InChI=1S/C14H14ClN5O4/c15-12-7(3-21)2-19-5-17-13-11(14(19)18-12)16-6-20(13)10-1-8(23)9(4-22)24-10/h3,5-6,8-10,22-23H,1-2,4H2/t8-,9+,10+/m0/s1. The molecule has 10 heteroatoms. The first kappa shape index (κ1) is 15.5. The number of aromatic nitrogens is 2. The van der Waals surface area contributed by atoms with E-state index in [1.165, 1.54) is 0 Å². The molecule has 1 saturated heterocycles. The topological polar surface area (TPSA) is 113 Å². The Morgan fingerprint density at radius 2 is 2.33 bits per heavy atom. The van der Waals surface area contributed by atoms with Gasteiger partial charge in [-0.25, -0.2) is 15.0 Å². The van der Waals surface area contributed by atoms with E-state index in [1.54, 1.807) is 22.1 Å². The third-order valence-corrected chi connectivity index (χ3v) is 4.54. The minimum Gasteiger partial charge on any atom is -0.394 e. The van der Waals surface area contributed by atoms with Crippen molar-refractivity contribution in [1.29, 1.82) is 0 Å². The molecule has 0 saturated carbocycles. The zero-order chi connectivity index (χ0) is 16.8. The molecule has 0 unspecified atom stereocenters. The molecule has 0 spiro atoms. The number of aliphatic imine (C=N–C) groups is 2. The number of amidine groups is 1. The van der Waals surface area contributed by atoms with Crippen molar-refractivity contribution in [2.24, 2.45) is 9.98 Å². The summed E-state index contributed by atoms with van der Waals surface area (Å²) in [6.45, 7) is 0.0232. The van der Waals surface area contributed by atoms with Crippen molar-refractivity contribution in [2.75, 3.05) is 13.2 Å². The minimum atomic E-state index is -0.748. The number of imidazole rings is 1. The summed E-state index contributed by atoms with van der Waals surface area (Å²) in [5.41, 5.74) is 0.897. The highest BCUT2D eigenvalue weighted by Crippen LogP contribution is 2.35. The molecule has 1 aromatic rings. The van der Waals surface area contributed by atoms with E-state index in [1.807, 2.05) is 0 Å². The number of aliphatic hydroxyl groups excluding tert-OH is 2. The van der Waals surface area contributed by atoms with E-state index < -0.39 is 18.4 Å². The number of carbonyl (C=O) groups excluding carboxylic acids is 1. The number of aldehydes is 1. The summed E-state index contributed by atoms with van der Waals surface area (Å²) in [7, 11) is 0. The maximum absolute atomic E-state index is 11.0. The highest BCUT2D eigenvalue weighted by molar-refractivity contribution is 6.32. The van der Waals surface area contributed by atoms with Crippen molar-refractivity contribution in [2.45, 2.75) is 24.9 Å². The number of hydrogen-bond acceptors (Lipinski definition) is 8. The van der Waals surface area contributed by atoms with Gasteiger partial charge in [0.1, 0.15) is 17.5 Å². The molecule has 0 amide bonds. The quantitative estimate of drug-likeness (QED) is 0.581. The second-order valence-corrected chi connectivity index (χ2v) is 6.04. The summed E-state index contributed by atoms with van der Waals surface area (Å²) in [6.07, 6.45) is 2.26. The lowest BCUT2D eigenvalue weighted by molar-refractivity contribution is -0.105. The highest BCUT2D eigenvalue weighted by Gasteiger charge is 2.37. The third-order valence-electron chi connectivity index (χ3n) is 4.22. The second-order valence-electron chi connectivity index (χ2n) is 5.68. The first-order chi connectivity index (χ1) is 11.6. The van der Waals surface area contributed by atoms with Gasteiger partial charge in [-0.1, -0.05) is 11.6 Å². The van der Waals surface area contributed by atoms with Gasteiger partial charge in [0.15, 0.2) is 23.6 Å². The summed E-state index contributed by atoms with van der Waals surface area (Å²) in [5.74, 6) is 1.03. The van der Waals surface area contributed by atoms with E-state index >= 15 is 0 Å². The van der Waals surface area contributed by atoms with Crippen LogP contribution >= 0.6 is 11.6 Å². The molecule has 3 aliphatic rings. The summed E-state index contributed by atoms with van der Waals surface area (Å²) in [4.78, 5) is 25.6. The van der Waals surface area contributed by atoms with Crippen LogP contribution in [0.4, 0.5) is 5.82 Å². The Labute approximate surface area is 141 Å². The van der Waals surface area contributed by atoms with E-state index in [0.717, 1.165) is 0 Å². The summed E-state index contributed by atoms with van der Waals surface area (Å²) in [6, 6.07) is 0. The molecule has 4 rings (SSSR count). The molecule has 0 radical (unpaired) electrons. The van der Waals surface area contributed by atoms with Crippen molar-refractivity contribution in [3.05, 3.63) is 22.8 Å². The van der Waals surface area contributed by atoms with E-state index in [0.29, 0.717) is 35.6 Å². The fraction of sp³-hybridized carbons (Fsp3) is 0.429. The predicted octanol–water partition coefficient (Wildman–Crippen LogP) is -0.0913. The van der Waals surface area contributed by atoms with Crippen LogP contribution in [0.5, 0.6) is 0 Å². The van der Waals surface area contributed by atoms with E-state index in [2.05, 4.69) is 15.0 Å². The normalized spacial score (nSPS) is 28.7. The van der Waals surface area contributed by atoms with E-state index in [-0.39, 0.29) is 18.3 Å². The number of fused-ring (bicyclic) bond motifs is 3. The van der Waals surface area contributed by atoms with Gasteiger partial charge in [-0.05, 0) is 0 Å². The molecule has 126 valence electrons. The first-order valence-electron chi connectivity index (χ1n) is 7.37. The Hall–Kier alpha value is -2.07. The molecule has 4 heterocycles. The van der Waals surface area contributed by atoms with Crippen molar-refractivity contribution in [3.8, 4) is 0 Å². The van der Waals surface area contributed by atoms with Crippen molar-refractivity contribution in [1.82, 2.24) is 14.5 Å². The minimum absolute atomic E-state index is 0.139. The van der Waals surface area contributed by atoms with Gasteiger partial charge in [0.2, 0.25) is 0 Å². The number of hydrogen-bond donors (Lipinski definition) is 2. The van der Waals surface area contributed by atoms with Crippen LogP contribution in [-0.4, -0.2) is 68.5 Å². The number of halogens is 1. The Morgan fingerprint density at radius 3 is 3.04 bits per heavy atom. The van der Waals surface area contributed by atoms with Gasteiger partial charge in [-0.2, -0.15) is 0 Å². The SMILES string of the molecule is O=CC1=C(Cl)N=C2c3ncn([C@H]4C[C@H](O)[C@@H](CO)O4)c3N=CN2C1. The summed E-state index contributed by atoms with van der Waals surface area (Å²) < 4.78 is 7.33. The molecule has 9 nitrogen and oxygen atoms in total. The second kappa shape index (κ2) is 5.78. The number of aliphatic hydroxyl groups is 2. The lowest BCUT2D eigenvalue weighted by atomic mass is 10.2. The van der Waals surface area contributed by atoms with Crippen molar-refractivity contribution >= 4 is 35.9 Å². The first-order valence-corrected chi connectivity index (χ1v) is 7.75. The molecule has 0 aliphatic carbocycles. The van der Waals surface area contributed by atoms with Gasteiger partial charge in [-0.15, -0.1) is 0 Å². The van der Waals surface area contributed by atoms with Crippen molar-refractivity contribution < 1.29 is 19.7 Å². The smallest absolute Gasteiger partial charge is 0.167 e. The fourth-order valence-electron chi connectivity index (χ4n) is 2.95. The molecule has 3 atom stereocenters. The van der Waals surface area contributed by atoms with E-state index in [4.69, 9.17) is 16.3 Å². The molecule has 2 N–H and O–H groups in total. The van der Waals surface area contributed by atoms with Crippen LogP contribution in [0.25, 0.3) is 0 Å². The number of ether oxygens (including phenoxy) is 1.